The van der Waals surface area contributed by atoms with E-state index in [1.807, 2.05) is 38.1 Å². The zero-order valence-electron chi connectivity index (χ0n) is 15.9. The molecule has 0 unspecified atom stereocenters. The Bertz CT molecular complexity index is 747. The van der Waals surface area contributed by atoms with E-state index in [9.17, 15) is 4.79 Å². The Balaban J connectivity index is 1.53. The number of carbonyl (C=O) groups is 1. The Morgan fingerprint density at radius 3 is 2.50 bits per heavy atom. The summed E-state index contributed by atoms with van der Waals surface area (Å²) in [4.78, 5) is 14.7. The number of nitrogens with zero attached hydrogens (tertiary/aromatic N) is 1. The quantitative estimate of drug-likeness (QED) is 0.886. The second kappa shape index (κ2) is 8.37. The van der Waals surface area contributed by atoms with E-state index < -0.39 is 0 Å². The van der Waals surface area contributed by atoms with Crippen LogP contribution in [0.4, 0.5) is 5.69 Å². The third-order valence-electron chi connectivity index (χ3n) is 4.96. The molecule has 0 aliphatic carbocycles. The van der Waals surface area contributed by atoms with Crippen molar-refractivity contribution in [1.29, 1.82) is 0 Å². The number of likely N-dealkylation sites (tertiary alicyclic amines) is 1. The lowest BCUT2D eigenvalue weighted by atomic mass is 10.0. The van der Waals surface area contributed by atoms with Crippen LogP contribution in [0.15, 0.2) is 42.5 Å². The van der Waals surface area contributed by atoms with Crippen LogP contribution in [0.2, 0.25) is 0 Å². The average molecular weight is 352 g/mol. The summed E-state index contributed by atoms with van der Waals surface area (Å²) in [5.41, 5.74) is 4.20. The molecule has 0 atom stereocenters. The molecule has 1 amide bonds. The molecule has 0 radical (unpaired) electrons. The van der Waals surface area contributed by atoms with Gasteiger partial charge in [-0.1, -0.05) is 23.8 Å². The van der Waals surface area contributed by atoms with Gasteiger partial charge in [0.2, 0.25) is 5.91 Å². The molecular weight excluding hydrogens is 324 g/mol. The maximum Gasteiger partial charge on any atom is 0.228 e. The first kappa shape index (κ1) is 18.5. The van der Waals surface area contributed by atoms with Crippen LogP contribution in [0, 0.1) is 13.8 Å². The van der Waals surface area contributed by atoms with Gasteiger partial charge in [0.25, 0.3) is 0 Å². The first-order valence-corrected chi connectivity index (χ1v) is 9.31. The summed E-state index contributed by atoms with van der Waals surface area (Å²) in [5.74, 6) is 0.870. The van der Waals surface area contributed by atoms with Crippen LogP contribution in [0.5, 0.6) is 5.75 Å². The highest BCUT2D eigenvalue weighted by Gasteiger charge is 2.17. The van der Waals surface area contributed by atoms with Crippen molar-refractivity contribution in [2.75, 3.05) is 25.5 Å². The van der Waals surface area contributed by atoms with E-state index in [2.05, 4.69) is 35.5 Å². The van der Waals surface area contributed by atoms with Gasteiger partial charge in [-0.15, -0.1) is 0 Å². The monoisotopic (exact) mass is 352 g/mol. The number of aryl methyl sites for hydroxylation is 2. The van der Waals surface area contributed by atoms with Crippen LogP contribution in [-0.2, 0) is 11.2 Å². The van der Waals surface area contributed by atoms with E-state index in [0.29, 0.717) is 6.42 Å². The van der Waals surface area contributed by atoms with Gasteiger partial charge in [-0.05, 0) is 69.1 Å². The smallest absolute Gasteiger partial charge is 0.228 e. The Morgan fingerprint density at radius 2 is 1.81 bits per heavy atom. The number of ether oxygens (including phenoxy) is 1. The molecule has 4 nitrogen and oxygen atoms in total. The molecule has 1 aliphatic heterocycles. The fourth-order valence-corrected chi connectivity index (χ4v) is 3.28. The fourth-order valence-electron chi connectivity index (χ4n) is 3.28. The Labute approximate surface area is 156 Å². The lowest BCUT2D eigenvalue weighted by Gasteiger charge is -2.29. The molecule has 1 saturated heterocycles. The molecule has 2 aromatic carbocycles. The molecule has 0 spiro atoms. The van der Waals surface area contributed by atoms with Gasteiger partial charge in [-0.2, -0.15) is 0 Å². The molecule has 0 saturated carbocycles. The van der Waals surface area contributed by atoms with Gasteiger partial charge in [0.05, 0.1) is 6.42 Å². The minimum Gasteiger partial charge on any atom is -0.490 e. The third-order valence-corrected chi connectivity index (χ3v) is 4.96. The fraction of sp³-hybridized carbons (Fsp3) is 0.409. The lowest BCUT2D eigenvalue weighted by molar-refractivity contribution is -0.115. The summed E-state index contributed by atoms with van der Waals surface area (Å²) in [5, 5.41) is 2.97. The van der Waals surface area contributed by atoms with E-state index in [4.69, 9.17) is 4.74 Å². The molecule has 1 heterocycles. The van der Waals surface area contributed by atoms with Crippen molar-refractivity contribution in [3.05, 3.63) is 59.2 Å². The number of piperidine rings is 1. The van der Waals surface area contributed by atoms with Gasteiger partial charge in [-0.25, -0.2) is 0 Å². The maximum atomic E-state index is 12.3. The molecule has 1 aliphatic rings. The van der Waals surface area contributed by atoms with E-state index in [1.165, 1.54) is 5.56 Å². The van der Waals surface area contributed by atoms with Crippen LogP contribution < -0.4 is 10.1 Å². The van der Waals surface area contributed by atoms with Crippen molar-refractivity contribution in [2.45, 2.75) is 39.2 Å². The van der Waals surface area contributed by atoms with E-state index in [1.54, 1.807) is 0 Å². The van der Waals surface area contributed by atoms with Crippen LogP contribution in [-0.4, -0.2) is 37.0 Å². The van der Waals surface area contributed by atoms with Crippen molar-refractivity contribution in [2.24, 2.45) is 0 Å². The number of carbonyl (C=O) groups excluding carboxylic acids is 1. The minimum atomic E-state index is 0.00249. The molecule has 26 heavy (non-hydrogen) atoms. The molecule has 2 aromatic rings. The van der Waals surface area contributed by atoms with Crippen LogP contribution in [0.3, 0.4) is 0 Å². The number of hydrogen-bond donors (Lipinski definition) is 1. The summed E-state index contributed by atoms with van der Waals surface area (Å²) in [6, 6.07) is 13.9. The zero-order valence-corrected chi connectivity index (χ0v) is 15.9. The summed E-state index contributed by atoms with van der Waals surface area (Å²) in [7, 11) is 2.14. The topological polar surface area (TPSA) is 41.6 Å². The second-order valence-electron chi connectivity index (χ2n) is 7.30. The molecule has 3 rings (SSSR count). The summed E-state index contributed by atoms with van der Waals surface area (Å²) in [6.45, 7) is 6.25. The normalized spacial score (nSPS) is 15.7. The van der Waals surface area contributed by atoms with E-state index in [0.717, 1.165) is 48.5 Å². The summed E-state index contributed by atoms with van der Waals surface area (Å²) in [6.07, 6.45) is 2.80. The highest BCUT2D eigenvalue weighted by molar-refractivity contribution is 5.92. The first-order chi connectivity index (χ1) is 12.5. The standard InChI is InChI=1S/C22H28N2O2/c1-16-4-5-17(2)18(14-16)15-22(25)23-19-6-8-20(9-7-19)26-21-10-12-24(3)13-11-21/h4-9,14,21H,10-13,15H2,1-3H3,(H,23,25). The van der Waals surface area contributed by atoms with Crippen molar-refractivity contribution >= 4 is 11.6 Å². The highest BCUT2D eigenvalue weighted by atomic mass is 16.5. The first-order valence-electron chi connectivity index (χ1n) is 9.31. The summed E-state index contributed by atoms with van der Waals surface area (Å²) < 4.78 is 6.05. The SMILES string of the molecule is Cc1ccc(C)c(CC(=O)Nc2ccc(OC3CCN(C)CC3)cc2)c1. The maximum absolute atomic E-state index is 12.3. The predicted octanol–water partition coefficient (Wildman–Crippen LogP) is 3.96. The molecule has 4 heteroatoms. The molecule has 138 valence electrons. The predicted molar refractivity (Wildman–Crippen MR) is 106 cm³/mol. The van der Waals surface area contributed by atoms with Crippen LogP contribution in [0.1, 0.15) is 29.5 Å². The number of benzene rings is 2. The van der Waals surface area contributed by atoms with Gasteiger partial charge in [0.15, 0.2) is 0 Å². The number of amides is 1. The van der Waals surface area contributed by atoms with E-state index in [-0.39, 0.29) is 12.0 Å². The van der Waals surface area contributed by atoms with Crippen molar-refractivity contribution in [3.8, 4) is 5.75 Å². The van der Waals surface area contributed by atoms with Crippen molar-refractivity contribution in [1.82, 2.24) is 4.90 Å². The van der Waals surface area contributed by atoms with Gasteiger partial charge >= 0.3 is 0 Å². The van der Waals surface area contributed by atoms with Gasteiger partial charge in [0.1, 0.15) is 11.9 Å². The average Bonchev–Trinajstić information content (AvgIpc) is 2.62. The third kappa shape index (κ3) is 5.09. The van der Waals surface area contributed by atoms with E-state index >= 15 is 0 Å². The van der Waals surface area contributed by atoms with Crippen LogP contribution >= 0.6 is 0 Å². The molecule has 0 aromatic heterocycles. The van der Waals surface area contributed by atoms with Crippen molar-refractivity contribution in [3.63, 3.8) is 0 Å². The van der Waals surface area contributed by atoms with Crippen molar-refractivity contribution < 1.29 is 9.53 Å². The number of rotatable bonds is 5. The second-order valence-corrected chi connectivity index (χ2v) is 7.30. The Hall–Kier alpha value is -2.33. The Kier molecular flexibility index (Phi) is 5.94. The molecule has 1 fully saturated rings. The number of hydrogen-bond acceptors (Lipinski definition) is 3. The highest BCUT2D eigenvalue weighted by Crippen LogP contribution is 2.21. The van der Waals surface area contributed by atoms with Gasteiger partial charge < -0.3 is 15.0 Å². The molecule has 0 bridgehead atoms. The summed E-state index contributed by atoms with van der Waals surface area (Å²) >= 11 is 0. The molecular formula is C22H28N2O2. The Morgan fingerprint density at radius 1 is 1.12 bits per heavy atom. The lowest BCUT2D eigenvalue weighted by Crippen LogP contribution is -2.35. The largest absolute Gasteiger partial charge is 0.490 e. The van der Waals surface area contributed by atoms with Gasteiger partial charge in [0, 0.05) is 18.8 Å². The zero-order chi connectivity index (χ0) is 18.5. The number of anilines is 1. The van der Waals surface area contributed by atoms with Crippen LogP contribution in [0.25, 0.3) is 0 Å². The van der Waals surface area contributed by atoms with Gasteiger partial charge in [-0.3, -0.25) is 4.79 Å². The number of nitrogens with one attached hydrogen (secondary N) is 1. The molecule has 1 N–H and O–H groups in total. The minimum absolute atomic E-state index is 0.00249.